The largest absolute Gasteiger partial charge is 0.305 e. The number of nitrogens with zero attached hydrogens (tertiary/aromatic N) is 1. The molecule has 2 amide bonds. The second-order valence-electron chi connectivity index (χ2n) is 5.67. The third-order valence-corrected chi connectivity index (χ3v) is 3.90. The number of halogens is 1. The molecule has 1 fully saturated rings. The van der Waals surface area contributed by atoms with Gasteiger partial charge in [0.1, 0.15) is 5.82 Å². The molecular formula is C17H23FN2O2. The van der Waals surface area contributed by atoms with Crippen molar-refractivity contribution in [3.8, 4) is 0 Å². The van der Waals surface area contributed by atoms with Gasteiger partial charge in [-0.05, 0) is 37.2 Å². The third kappa shape index (κ3) is 4.13. The molecule has 0 aromatic heterocycles. The Labute approximate surface area is 130 Å². The van der Waals surface area contributed by atoms with Crippen molar-refractivity contribution in [2.75, 3.05) is 11.4 Å². The SMILES string of the molecule is CCCCCCCNC1CC(=O)N(c2ccc(F)cc2)C1=O. The van der Waals surface area contributed by atoms with Gasteiger partial charge >= 0.3 is 0 Å². The molecule has 1 saturated heterocycles. The van der Waals surface area contributed by atoms with E-state index in [1.165, 1.54) is 43.5 Å². The topological polar surface area (TPSA) is 49.4 Å². The molecule has 1 heterocycles. The van der Waals surface area contributed by atoms with Crippen LogP contribution in [0.25, 0.3) is 0 Å². The lowest BCUT2D eigenvalue weighted by molar-refractivity contribution is -0.121. The first-order chi connectivity index (χ1) is 10.6. The van der Waals surface area contributed by atoms with Gasteiger partial charge in [-0.25, -0.2) is 9.29 Å². The van der Waals surface area contributed by atoms with Crippen LogP contribution >= 0.6 is 0 Å². The molecule has 0 spiro atoms. The summed E-state index contributed by atoms with van der Waals surface area (Å²) in [5, 5.41) is 3.16. The predicted molar refractivity (Wildman–Crippen MR) is 84.1 cm³/mol. The molecule has 0 radical (unpaired) electrons. The third-order valence-electron chi connectivity index (χ3n) is 3.90. The fraction of sp³-hybridized carbons (Fsp3) is 0.529. The van der Waals surface area contributed by atoms with Gasteiger partial charge in [0.05, 0.1) is 18.2 Å². The highest BCUT2D eigenvalue weighted by molar-refractivity contribution is 6.22. The molecule has 5 heteroatoms. The molecule has 120 valence electrons. The first-order valence-corrected chi connectivity index (χ1v) is 7.99. The zero-order valence-electron chi connectivity index (χ0n) is 13.0. The van der Waals surface area contributed by atoms with E-state index >= 15 is 0 Å². The number of rotatable bonds is 8. The lowest BCUT2D eigenvalue weighted by Crippen LogP contribution is -2.39. The van der Waals surface area contributed by atoms with Gasteiger partial charge in [0, 0.05) is 0 Å². The van der Waals surface area contributed by atoms with E-state index in [9.17, 15) is 14.0 Å². The molecule has 0 aliphatic carbocycles. The van der Waals surface area contributed by atoms with Crippen molar-refractivity contribution in [2.45, 2.75) is 51.5 Å². The summed E-state index contributed by atoms with van der Waals surface area (Å²) in [6.45, 7) is 2.91. The summed E-state index contributed by atoms with van der Waals surface area (Å²) in [4.78, 5) is 25.5. The number of benzene rings is 1. The fourth-order valence-corrected chi connectivity index (χ4v) is 2.66. The summed E-state index contributed by atoms with van der Waals surface area (Å²) in [6, 6.07) is 4.97. The highest BCUT2D eigenvalue weighted by Crippen LogP contribution is 2.23. The average Bonchev–Trinajstić information content (AvgIpc) is 2.78. The lowest BCUT2D eigenvalue weighted by atomic mass is 10.1. The first kappa shape index (κ1) is 16.6. The monoisotopic (exact) mass is 306 g/mol. The minimum absolute atomic E-state index is 0.172. The van der Waals surface area contributed by atoms with Gasteiger partial charge in [0.15, 0.2) is 0 Å². The molecule has 1 aromatic carbocycles. The number of hydrogen-bond donors (Lipinski definition) is 1. The van der Waals surface area contributed by atoms with Crippen LogP contribution in [0.4, 0.5) is 10.1 Å². The van der Waals surface area contributed by atoms with Crippen LogP contribution in [-0.2, 0) is 9.59 Å². The first-order valence-electron chi connectivity index (χ1n) is 7.99. The number of unbranched alkanes of at least 4 members (excludes halogenated alkanes) is 4. The van der Waals surface area contributed by atoms with Crippen LogP contribution in [0.2, 0.25) is 0 Å². The second kappa shape index (κ2) is 8.03. The zero-order chi connectivity index (χ0) is 15.9. The molecule has 22 heavy (non-hydrogen) atoms. The van der Waals surface area contributed by atoms with Crippen LogP contribution in [0.1, 0.15) is 45.4 Å². The van der Waals surface area contributed by atoms with E-state index in [1.54, 1.807) is 0 Å². The molecule has 1 aliphatic heterocycles. The number of nitrogens with one attached hydrogen (secondary N) is 1. The highest BCUT2D eigenvalue weighted by atomic mass is 19.1. The Hall–Kier alpha value is -1.75. The maximum Gasteiger partial charge on any atom is 0.251 e. The molecule has 0 bridgehead atoms. The van der Waals surface area contributed by atoms with Crippen LogP contribution in [0.15, 0.2) is 24.3 Å². The van der Waals surface area contributed by atoms with E-state index in [0.29, 0.717) is 5.69 Å². The smallest absolute Gasteiger partial charge is 0.251 e. The number of anilines is 1. The molecule has 1 atom stereocenters. The molecule has 0 saturated carbocycles. The molecule has 4 nitrogen and oxygen atoms in total. The Morgan fingerprint density at radius 3 is 2.50 bits per heavy atom. The number of imide groups is 1. The summed E-state index contributed by atoms with van der Waals surface area (Å²) in [5.41, 5.74) is 0.434. The molecule has 2 rings (SSSR count). The second-order valence-corrected chi connectivity index (χ2v) is 5.67. The van der Waals surface area contributed by atoms with E-state index in [4.69, 9.17) is 0 Å². The van der Waals surface area contributed by atoms with Gasteiger partial charge in [-0.2, -0.15) is 0 Å². The van der Waals surface area contributed by atoms with E-state index in [-0.39, 0.29) is 24.1 Å². The van der Waals surface area contributed by atoms with Gasteiger partial charge in [-0.15, -0.1) is 0 Å². The van der Waals surface area contributed by atoms with Crippen molar-refractivity contribution in [1.29, 1.82) is 0 Å². The molecule has 1 unspecified atom stereocenters. The zero-order valence-corrected chi connectivity index (χ0v) is 13.0. The van der Waals surface area contributed by atoms with Crippen molar-refractivity contribution in [3.63, 3.8) is 0 Å². The Morgan fingerprint density at radius 2 is 1.82 bits per heavy atom. The van der Waals surface area contributed by atoms with Gasteiger partial charge in [-0.1, -0.05) is 32.6 Å². The maximum atomic E-state index is 12.9. The Morgan fingerprint density at radius 1 is 1.14 bits per heavy atom. The van der Waals surface area contributed by atoms with Crippen LogP contribution in [0, 0.1) is 5.82 Å². The summed E-state index contributed by atoms with van der Waals surface area (Å²) < 4.78 is 12.9. The van der Waals surface area contributed by atoms with Crippen molar-refractivity contribution in [3.05, 3.63) is 30.1 Å². The molecule has 1 N–H and O–H groups in total. The van der Waals surface area contributed by atoms with Gasteiger partial charge in [-0.3, -0.25) is 9.59 Å². The Kier molecular flexibility index (Phi) is 6.07. The standard InChI is InChI=1S/C17H23FN2O2/c1-2-3-4-5-6-11-19-15-12-16(21)20(17(15)22)14-9-7-13(18)8-10-14/h7-10,15,19H,2-6,11-12H2,1H3. The summed E-state index contributed by atoms with van der Waals surface area (Å²) in [6.07, 6.45) is 5.96. The average molecular weight is 306 g/mol. The minimum Gasteiger partial charge on any atom is -0.305 e. The number of carbonyl (C=O) groups is 2. The van der Waals surface area contributed by atoms with Crippen molar-refractivity contribution < 1.29 is 14.0 Å². The van der Waals surface area contributed by atoms with E-state index in [2.05, 4.69) is 12.2 Å². The number of amides is 2. The van der Waals surface area contributed by atoms with E-state index in [0.717, 1.165) is 24.3 Å². The molecule has 1 aromatic rings. The van der Waals surface area contributed by atoms with Crippen LogP contribution < -0.4 is 10.2 Å². The number of carbonyl (C=O) groups excluding carboxylic acids is 2. The Bertz CT molecular complexity index is 516. The van der Waals surface area contributed by atoms with Gasteiger partial charge < -0.3 is 5.32 Å². The fourth-order valence-electron chi connectivity index (χ4n) is 2.66. The van der Waals surface area contributed by atoms with Gasteiger partial charge in [0.2, 0.25) is 5.91 Å². The van der Waals surface area contributed by atoms with Crippen molar-refractivity contribution in [1.82, 2.24) is 5.32 Å². The van der Waals surface area contributed by atoms with Crippen molar-refractivity contribution >= 4 is 17.5 Å². The van der Waals surface area contributed by atoms with E-state index in [1.807, 2.05) is 0 Å². The normalized spacial score (nSPS) is 18.3. The minimum atomic E-state index is -0.455. The Balaban J connectivity index is 1.85. The predicted octanol–water partition coefficient (Wildman–Crippen LogP) is 3.02. The summed E-state index contributed by atoms with van der Waals surface area (Å²) in [5.74, 6) is -0.866. The maximum absolute atomic E-state index is 12.9. The number of hydrogen-bond acceptors (Lipinski definition) is 3. The lowest BCUT2D eigenvalue weighted by Gasteiger charge is -2.15. The van der Waals surface area contributed by atoms with E-state index < -0.39 is 6.04 Å². The summed E-state index contributed by atoms with van der Waals surface area (Å²) in [7, 11) is 0. The quantitative estimate of drug-likeness (QED) is 0.593. The molecule has 1 aliphatic rings. The van der Waals surface area contributed by atoms with Crippen molar-refractivity contribution in [2.24, 2.45) is 0 Å². The summed E-state index contributed by atoms with van der Waals surface area (Å²) >= 11 is 0. The highest BCUT2D eigenvalue weighted by Gasteiger charge is 2.38. The van der Waals surface area contributed by atoms with Crippen LogP contribution in [-0.4, -0.2) is 24.4 Å². The van der Waals surface area contributed by atoms with Crippen LogP contribution in [0.3, 0.4) is 0 Å². The van der Waals surface area contributed by atoms with Gasteiger partial charge in [0.25, 0.3) is 5.91 Å². The molecular weight excluding hydrogens is 283 g/mol. The van der Waals surface area contributed by atoms with Crippen LogP contribution in [0.5, 0.6) is 0 Å².